The predicted molar refractivity (Wildman–Crippen MR) is 81.8 cm³/mol. The first-order chi connectivity index (χ1) is 9.56. The van der Waals surface area contributed by atoms with Gasteiger partial charge in [-0.3, -0.25) is 4.79 Å². The molecule has 1 aliphatic rings. The Hall–Kier alpha value is -1.61. The standard InChI is InChI=1S/C17H23NO2/c1-4-18(5-2)9-8-16-12(3)15-7-6-14(19)10-13(15)11-17(16)20/h6-7,10,19H,4-5,8-9,11H2,1-3H3. The van der Waals surface area contributed by atoms with E-state index in [9.17, 15) is 9.90 Å². The molecule has 0 radical (unpaired) electrons. The number of phenols is 1. The van der Waals surface area contributed by atoms with E-state index in [0.717, 1.165) is 48.3 Å². The molecule has 1 N–H and O–H groups in total. The summed E-state index contributed by atoms with van der Waals surface area (Å²) in [6, 6.07) is 5.32. The summed E-state index contributed by atoms with van der Waals surface area (Å²) in [6.07, 6.45) is 1.22. The molecule has 1 aromatic rings. The van der Waals surface area contributed by atoms with Gasteiger partial charge in [0.15, 0.2) is 5.78 Å². The van der Waals surface area contributed by atoms with Gasteiger partial charge in [-0.05, 0) is 55.3 Å². The van der Waals surface area contributed by atoms with Crippen molar-refractivity contribution in [2.75, 3.05) is 19.6 Å². The minimum absolute atomic E-state index is 0.202. The van der Waals surface area contributed by atoms with E-state index in [-0.39, 0.29) is 11.5 Å². The van der Waals surface area contributed by atoms with Crippen molar-refractivity contribution in [1.29, 1.82) is 0 Å². The number of benzene rings is 1. The van der Waals surface area contributed by atoms with E-state index in [4.69, 9.17) is 0 Å². The van der Waals surface area contributed by atoms with Gasteiger partial charge >= 0.3 is 0 Å². The molecule has 0 bridgehead atoms. The second-order valence-electron chi connectivity index (χ2n) is 5.32. The number of aromatic hydroxyl groups is 1. The lowest BCUT2D eigenvalue weighted by atomic mass is 9.84. The molecule has 0 atom stereocenters. The fourth-order valence-corrected chi connectivity index (χ4v) is 2.88. The molecule has 0 amide bonds. The molecule has 0 spiro atoms. The van der Waals surface area contributed by atoms with Gasteiger partial charge in [-0.25, -0.2) is 0 Å². The molecule has 0 fully saturated rings. The fourth-order valence-electron chi connectivity index (χ4n) is 2.88. The number of rotatable bonds is 5. The van der Waals surface area contributed by atoms with Crippen molar-refractivity contribution in [2.24, 2.45) is 0 Å². The maximum Gasteiger partial charge on any atom is 0.163 e. The molecule has 108 valence electrons. The number of Topliss-reactive ketones (excluding diaryl/α,β-unsaturated/α-hetero) is 1. The number of hydrogen-bond acceptors (Lipinski definition) is 3. The minimum Gasteiger partial charge on any atom is -0.508 e. The van der Waals surface area contributed by atoms with Gasteiger partial charge in [0.2, 0.25) is 0 Å². The second kappa shape index (κ2) is 6.23. The molecule has 0 unspecified atom stereocenters. The third kappa shape index (κ3) is 2.93. The molecule has 0 aromatic heterocycles. The number of nitrogens with zero attached hydrogens (tertiary/aromatic N) is 1. The molecule has 3 heteroatoms. The van der Waals surface area contributed by atoms with Gasteiger partial charge in [0, 0.05) is 18.5 Å². The van der Waals surface area contributed by atoms with E-state index in [1.54, 1.807) is 12.1 Å². The van der Waals surface area contributed by atoms with Gasteiger partial charge < -0.3 is 10.0 Å². The normalized spacial score (nSPS) is 14.9. The molecule has 1 aliphatic carbocycles. The first kappa shape index (κ1) is 14.8. The first-order valence-electron chi connectivity index (χ1n) is 7.34. The maximum atomic E-state index is 12.3. The summed E-state index contributed by atoms with van der Waals surface area (Å²) in [5.41, 5.74) is 4.08. The average Bonchev–Trinajstić information content (AvgIpc) is 2.42. The van der Waals surface area contributed by atoms with Crippen LogP contribution in [0.5, 0.6) is 5.75 Å². The van der Waals surface area contributed by atoms with Gasteiger partial charge in [0.25, 0.3) is 0 Å². The highest BCUT2D eigenvalue weighted by Gasteiger charge is 2.23. The van der Waals surface area contributed by atoms with Gasteiger partial charge in [-0.15, -0.1) is 0 Å². The molecule has 20 heavy (non-hydrogen) atoms. The Morgan fingerprint density at radius 1 is 1.25 bits per heavy atom. The molecule has 0 aliphatic heterocycles. The lowest BCUT2D eigenvalue weighted by Gasteiger charge is -2.23. The monoisotopic (exact) mass is 273 g/mol. The zero-order valence-electron chi connectivity index (χ0n) is 12.6. The van der Waals surface area contributed by atoms with Gasteiger partial charge in [-0.2, -0.15) is 0 Å². The van der Waals surface area contributed by atoms with Crippen LogP contribution in [0.1, 0.15) is 38.3 Å². The Kier molecular flexibility index (Phi) is 4.61. The number of carbonyl (C=O) groups is 1. The van der Waals surface area contributed by atoms with Crippen LogP contribution < -0.4 is 0 Å². The minimum atomic E-state index is 0.202. The summed E-state index contributed by atoms with van der Waals surface area (Å²) in [4.78, 5) is 14.6. The van der Waals surface area contributed by atoms with E-state index >= 15 is 0 Å². The fraction of sp³-hybridized carbons (Fsp3) is 0.471. The maximum absolute atomic E-state index is 12.3. The van der Waals surface area contributed by atoms with Gasteiger partial charge in [-0.1, -0.05) is 19.9 Å². The molecule has 0 saturated heterocycles. The number of carbonyl (C=O) groups excluding carboxylic acids is 1. The highest BCUT2D eigenvalue weighted by molar-refractivity contribution is 6.06. The Morgan fingerprint density at radius 3 is 2.60 bits per heavy atom. The summed E-state index contributed by atoms with van der Waals surface area (Å²) in [5.74, 6) is 0.434. The van der Waals surface area contributed by atoms with Crippen molar-refractivity contribution in [1.82, 2.24) is 4.90 Å². The van der Waals surface area contributed by atoms with Crippen LogP contribution in [0, 0.1) is 0 Å². The van der Waals surface area contributed by atoms with E-state index in [0.29, 0.717) is 6.42 Å². The summed E-state index contributed by atoms with van der Waals surface area (Å²) in [7, 11) is 0. The lowest BCUT2D eigenvalue weighted by Crippen LogP contribution is -2.26. The zero-order chi connectivity index (χ0) is 14.7. The van der Waals surface area contributed by atoms with E-state index < -0.39 is 0 Å². The molecule has 3 nitrogen and oxygen atoms in total. The van der Waals surface area contributed by atoms with E-state index in [1.165, 1.54) is 0 Å². The van der Waals surface area contributed by atoms with Crippen LogP contribution in [0.15, 0.2) is 23.8 Å². The molecule has 0 saturated carbocycles. The van der Waals surface area contributed by atoms with Crippen LogP contribution in [-0.4, -0.2) is 35.4 Å². The molecular formula is C17H23NO2. The number of ketones is 1. The van der Waals surface area contributed by atoms with Crippen LogP contribution in [0.2, 0.25) is 0 Å². The Balaban J connectivity index is 2.25. The highest BCUT2D eigenvalue weighted by atomic mass is 16.3. The second-order valence-corrected chi connectivity index (χ2v) is 5.32. The van der Waals surface area contributed by atoms with Crippen LogP contribution in [0.4, 0.5) is 0 Å². The third-order valence-electron chi connectivity index (χ3n) is 4.21. The smallest absolute Gasteiger partial charge is 0.163 e. The number of fused-ring (bicyclic) bond motifs is 1. The van der Waals surface area contributed by atoms with Crippen LogP contribution >= 0.6 is 0 Å². The number of hydrogen-bond donors (Lipinski definition) is 1. The van der Waals surface area contributed by atoms with Crippen LogP contribution in [0.25, 0.3) is 5.57 Å². The van der Waals surface area contributed by atoms with Crippen LogP contribution in [-0.2, 0) is 11.2 Å². The highest BCUT2D eigenvalue weighted by Crippen LogP contribution is 2.32. The van der Waals surface area contributed by atoms with Crippen molar-refractivity contribution in [3.63, 3.8) is 0 Å². The SMILES string of the molecule is CCN(CC)CCC1=C(C)c2ccc(O)cc2CC1=O. The number of allylic oxidation sites excluding steroid dienone is 1. The van der Waals surface area contributed by atoms with Crippen LogP contribution in [0.3, 0.4) is 0 Å². The quantitative estimate of drug-likeness (QED) is 0.896. The Bertz CT molecular complexity index is 542. The lowest BCUT2D eigenvalue weighted by molar-refractivity contribution is -0.115. The van der Waals surface area contributed by atoms with Crippen molar-refractivity contribution < 1.29 is 9.90 Å². The summed E-state index contributed by atoms with van der Waals surface area (Å²) in [5, 5.41) is 9.53. The molecular weight excluding hydrogens is 250 g/mol. The van der Waals surface area contributed by atoms with Gasteiger partial charge in [0.1, 0.15) is 5.75 Å². The Labute approximate surface area is 120 Å². The summed E-state index contributed by atoms with van der Waals surface area (Å²) >= 11 is 0. The molecule has 1 aromatic carbocycles. The molecule has 2 rings (SSSR count). The topological polar surface area (TPSA) is 40.5 Å². The van der Waals surface area contributed by atoms with E-state index in [1.807, 2.05) is 13.0 Å². The Morgan fingerprint density at radius 2 is 1.95 bits per heavy atom. The van der Waals surface area contributed by atoms with Gasteiger partial charge in [0.05, 0.1) is 0 Å². The van der Waals surface area contributed by atoms with E-state index in [2.05, 4.69) is 18.7 Å². The first-order valence-corrected chi connectivity index (χ1v) is 7.34. The van der Waals surface area contributed by atoms with Crippen molar-refractivity contribution >= 4 is 11.4 Å². The van der Waals surface area contributed by atoms with Crippen molar-refractivity contribution in [3.05, 3.63) is 34.9 Å². The predicted octanol–water partition coefficient (Wildman–Crippen LogP) is 3.02. The zero-order valence-corrected chi connectivity index (χ0v) is 12.6. The summed E-state index contributed by atoms with van der Waals surface area (Å²) in [6.45, 7) is 9.27. The third-order valence-corrected chi connectivity index (χ3v) is 4.21. The summed E-state index contributed by atoms with van der Waals surface area (Å²) < 4.78 is 0. The average molecular weight is 273 g/mol. The van der Waals surface area contributed by atoms with Crippen molar-refractivity contribution in [3.8, 4) is 5.75 Å². The molecule has 0 heterocycles. The number of phenolic OH excluding ortho intramolecular Hbond substituents is 1. The van der Waals surface area contributed by atoms with Crippen molar-refractivity contribution in [2.45, 2.75) is 33.6 Å². The largest absolute Gasteiger partial charge is 0.508 e.